The highest BCUT2D eigenvalue weighted by molar-refractivity contribution is 5.80. The van der Waals surface area contributed by atoms with Gasteiger partial charge in [-0.1, -0.05) is 18.2 Å². The number of carboxylic acid groups (broad SMARTS) is 1. The summed E-state index contributed by atoms with van der Waals surface area (Å²) < 4.78 is 5.59. The summed E-state index contributed by atoms with van der Waals surface area (Å²) in [6.07, 6.45) is 0. The molecule has 0 atom stereocenters. The van der Waals surface area contributed by atoms with Crippen molar-refractivity contribution in [2.75, 3.05) is 26.2 Å². The fourth-order valence-electron chi connectivity index (χ4n) is 2.17. The zero-order valence-corrected chi connectivity index (χ0v) is 11.4. The number of urea groups is 1. The zero-order chi connectivity index (χ0) is 14.5. The number of hydrogen-bond donors (Lipinski definition) is 1. The van der Waals surface area contributed by atoms with Crippen molar-refractivity contribution in [1.82, 2.24) is 9.80 Å². The van der Waals surface area contributed by atoms with Gasteiger partial charge in [-0.25, -0.2) is 4.79 Å². The molecule has 6 heteroatoms. The van der Waals surface area contributed by atoms with Gasteiger partial charge in [-0.3, -0.25) is 4.79 Å². The molecule has 0 radical (unpaired) electrons. The number of rotatable bonds is 3. The number of carbonyl (C=O) groups is 2. The minimum atomic E-state index is -1.01. The van der Waals surface area contributed by atoms with Crippen LogP contribution in [0.15, 0.2) is 24.3 Å². The largest absolute Gasteiger partial charge is 0.491 e. The Morgan fingerprint density at radius 2 is 2.15 bits per heavy atom. The standard InChI is InChI=1S/C14H18N2O4/c1-2-15(10-13(17)18)14(19)16-7-8-20-12-6-4-3-5-11(12)9-16/h3-6H,2,7-10H2,1H3,(H,17,18). The molecule has 1 aliphatic rings. The summed E-state index contributed by atoms with van der Waals surface area (Å²) in [5.41, 5.74) is 0.935. The first kappa shape index (κ1) is 14.2. The van der Waals surface area contributed by atoms with Gasteiger partial charge in [-0.15, -0.1) is 0 Å². The molecule has 2 rings (SSSR count). The number of likely N-dealkylation sites (N-methyl/N-ethyl adjacent to an activating group) is 1. The number of carboxylic acids is 1. The number of amides is 2. The van der Waals surface area contributed by atoms with Crippen LogP contribution in [-0.4, -0.2) is 53.1 Å². The van der Waals surface area contributed by atoms with Crippen LogP contribution in [0, 0.1) is 0 Å². The number of hydrogen-bond acceptors (Lipinski definition) is 3. The Balaban J connectivity index is 2.12. The molecule has 1 N–H and O–H groups in total. The minimum Gasteiger partial charge on any atom is -0.491 e. The van der Waals surface area contributed by atoms with E-state index >= 15 is 0 Å². The molecule has 1 aromatic carbocycles. The SMILES string of the molecule is CCN(CC(=O)O)C(=O)N1CCOc2ccccc2C1. The number of carbonyl (C=O) groups excluding carboxylic acids is 1. The second-order valence-electron chi connectivity index (χ2n) is 4.57. The van der Waals surface area contributed by atoms with Crippen LogP contribution in [0.5, 0.6) is 5.75 Å². The third kappa shape index (κ3) is 3.20. The van der Waals surface area contributed by atoms with Gasteiger partial charge in [0.25, 0.3) is 0 Å². The van der Waals surface area contributed by atoms with E-state index in [1.165, 1.54) is 4.90 Å². The average molecular weight is 278 g/mol. The molecule has 0 bridgehead atoms. The average Bonchev–Trinajstić information content (AvgIpc) is 2.65. The van der Waals surface area contributed by atoms with Crippen molar-refractivity contribution < 1.29 is 19.4 Å². The summed E-state index contributed by atoms with van der Waals surface area (Å²) in [5, 5.41) is 8.84. The van der Waals surface area contributed by atoms with Gasteiger partial charge in [-0.05, 0) is 13.0 Å². The maximum atomic E-state index is 12.4. The van der Waals surface area contributed by atoms with E-state index in [4.69, 9.17) is 9.84 Å². The monoisotopic (exact) mass is 278 g/mol. The molecule has 0 aromatic heterocycles. The van der Waals surface area contributed by atoms with Crippen molar-refractivity contribution >= 4 is 12.0 Å². The third-order valence-electron chi connectivity index (χ3n) is 3.20. The Bertz CT molecular complexity index is 504. The van der Waals surface area contributed by atoms with Gasteiger partial charge in [0.15, 0.2) is 0 Å². The van der Waals surface area contributed by atoms with Crippen molar-refractivity contribution in [2.45, 2.75) is 13.5 Å². The van der Waals surface area contributed by atoms with E-state index in [-0.39, 0.29) is 12.6 Å². The van der Waals surface area contributed by atoms with E-state index < -0.39 is 5.97 Å². The fraction of sp³-hybridized carbons (Fsp3) is 0.429. The van der Waals surface area contributed by atoms with E-state index in [2.05, 4.69) is 0 Å². The number of benzene rings is 1. The first-order valence-electron chi connectivity index (χ1n) is 6.58. The normalized spacial score (nSPS) is 13.9. The van der Waals surface area contributed by atoms with Crippen molar-refractivity contribution in [2.24, 2.45) is 0 Å². The van der Waals surface area contributed by atoms with E-state index in [1.807, 2.05) is 24.3 Å². The highest BCUT2D eigenvalue weighted by Gasteiger charge is 2.24. The molecule has 0 unspecified atom stereocenters. The second-order valence-corrected chi connectivity index (χ2v) is 4.57. The molecule has 0 saturated heterocycles. The van der Waals surface area contributed by atoms with Crippen LogP contribution < -0.4 is 4.74 Å². The Labute approximate surface area is 117 Å². The maximum absolute atomic E-state index is 12.4. The summed E-state index contributed by atoms with van der Waals surface area (Å²) in [6.45, 7) is 3.14. The highest BCUT2D eigenvalue weighted by Crippen LogP contribution is 2.22. The third-order valence-corrected chi connectivity index (χ3v) is 3.20. The van der Waals surface area contributed by atoms with Crippen LogP contribution in [0.4, 0.5) is 4.79 Å². The van der Waals surface area contributed by atoms with Gasteiger partial charge in [0, 0.05) is 12.1 Å². The van der Waals surface area contributed by atoms with Crippen LogP contribution in [0.2, 0.25) is 0 Å². The summed E-state index contributed by atoms with van der Waals surface area (Å²) >= 11 is 0. The predicted molar refractivity (Wildman–Crippen MR) is 72.6 cm³/mol. The van der Waals surface area contributed by atoms with Crippen molar-refractivity contribution in [1.29, 1.82) is 0 Å². The van der Waals surface area contributed by atoms with Crippen LogP contribution in [-0.2, 0) is 11.3 Å². The van der Waals surface area contributed by atoms with E-state index in [9.17, 15) is 9.59 Å². The summed E-state index contributed by atoms with van der Waals surface area (Å²) in [6, 6.07) is 7.30. The molecule has 1 heterocycles. The van der Waals surface area contributed by atoms with E-state index in [0.29, 0.717) is 26.2 Å². The molecule has 108 valence electrons. The number of nitrogens with zero attached hydrogens (tertiary/aromatic N) is 2. The molecule has 0 saturated carbocycles. The lowest BCUT2D eigenvalue weighted by Crippen LogP contribution is -2.45. The van der Waals surface area contributed by atoms with Gasteiger partial charge in [-0.2, -0.15) is 0 Å². The number of para-hydroxylation sites is 1. The molecule has 0 fully saturated rings. The lowest BCUT2D eigenvalue weighted by Gasteiger charge is -2.27. The molecule has 20 heavy (non-hydrogen) atoms. The van der Waals surface area contributed by atoms with Gasteiger partial charge < -0.3 is 19.6 Å². The molecular weight excluding hydrogens is 260 g/mol. The minimum absolute atomic E-state index is 0.268. The van der Waals surface area contributed by atoms with E-state index in [1.54, 1.807) is 11.8 Å². The van der Waals surface area contributed by atoms with Crippen LogP contribution in [0.3, 0.4) is 0 Å². The van der Waals surface area contributed by atoms with Gasteiger partial charge in [0.1, 0.15) is 18.9 Å². The zero-order valence-electron chi connectivity index (χ0n) is 11.4. The summed E-state index contributed by atoms with van der Waals surface area (Å²) in [5.74, 6) is -0.226. The van der Waals surface area contributed by atoms with Crippen molar-refractivity contribution in [3.05, 3.63) is 29.8 Å². The van der Waals surface area contributed by atoms with Crippen molar-refractivity contribution in [3.8, 4) is 5.75 Å². The molecule has 1 aliphatic heterocycles. The van der Waals surface area contributed by atoms with Crippen molar-refractivity contribution in [3.63, 3.8) is 0 Å². The molecule has 1 aromatic rings. The van der Waals surface area contributed by atoms with Crippen LogP contribution in [0.1, 0.15) is 12.5 Å². The lowest BCUT2D eigenvalue weighted by atomic mass is 10.2. The van der Waals surface area contributed by atoms with Gasteiger partial charge in [0.2, 0.25) is 0 Å². The Morgan fingerprint density at radius 3 is 2.85 bits per heavy atom. The van der Waals surface area contributed by atoms with Gasteiger partial charge >= 0.3 is 12.0 Å². The predicted octanol–water partition coefficient (Wildman–Crippen LogP) is 1.41. The molecule has 0 aliphatic carbocycles. The summed E-state index contributed by atoms with van der Waals surface area (Å²) in [4.78, 5) is 26.1. The number of aliphatic carboxylic acids is 1. The second kappa shape index (κ2) is 6.27. The topological polar surface area (TPSA) is 70.1 Å². The number of ether oxygens (including phenoxy) is 1. The smallest absolute Gasteiger partial charge is 0.323 e. The Hall–Kier alpha value is -2.24. The number of fused-ring (bicyclic) bond motifs is 1. The highest BCUT2D eigenvalue weighted by atomic mass is 16.5. The maximum Gasteiger partial charge on any atom is 0.323 e. The molecular formula is C14H18N2O4. The lowest BCUT2D eigenvalue weighted by molar-refractivity contribution is -0.137. The quantitative estimate of drug-likeness (QED) is 0.907. The molecule has 2 amide bonds. The first-order valence-corrected chi connectivity index (χ1v) is 6.58. The summed E-state index contributed by atoms with van der Waals surface area (Å²) in [7, 11) is 0. The van der Waals surface area contributed by atoms with Gasteiger partial charge in [0.05, 0.1) is 13.1 Å². The molecule has 0 spiro atoms. The van der Waals surface area contributed by atoms with Crippen LogP contribution >= 0.6 is 0 Å². The fourth-order valence-corrected chi connectivity index (χ4v) is 2.17. The van der Waals surface area contributed by atoms with Crippen LogP contribution in [0.25, 0.3) is 0 Å². The van der Waals surface area contributed by atoms with E-state index in [0.717, 1.165) is 11.3 Å². The first-order chi connectivity index (χ1) is 9.61. The Kier molecular flexibility index (Phi) is 4.45. The molecule has 6 nitrogen and oxygen atoms in total. The Morgan fingerprint density at radius 1 is 1.40 bits per heavy atom.